The molecule has 0 saturated carbocycles. The van der Waals surface area contributed by atoms with Crippen molar-refractivity contribution in [1.82, 2.24) is 5.32 Å². The van der Waals surface area contributed by atoms with E-state index in [1.165, 1.54) is 161 Å². The Kier molecular flexibility index (Phi) is 45.2. The largest absolute Gasteiger partial charge is 0.462 e. The minimum absolute atomic E-state index is 0.0115. The zero-order chi connectivity index (χ0) is 40.1. The van der Waals surface area contributed by atoms with Gasteiger partial charge < -0.3 is 23.8 Å². The molecule has 0 aliphatic heterocycles. The molecule has 0 fully saturated rings. The summed E-state index contributed by atoms with van der Waals surface area (Å²) < 4.78 is 28.0. The average molecular weight is 804 g/mol. The van der Waals surface area contributed by atoms with E-state index in [4.69, 9.17) is 28.1 Å². The second-order valence-corrected chi connectivity index (χ2v) is 16.7. The van der Waals surface area contributed by atoms with Crippen molar-refractivity contribution in [1.29, 1.82) is 0 Å². The number of carbonyl (C=O) groups is 2. The predicted octanol–water partition coefficient (Wildman–Crippen LogP) is 13.8. The number of hydrogen-bond acceptors (Lipinski definition) is 9. The Morgan fingerprint density at radius 3 is 1.29 bits per heavy atom. The molecule has 0 aromatic rings. The lowest BCUT2D eigenvalue weighted by molar-refractivity contribution is -0.192. The smallest absolute Gasteiger partial charge is 0.363 e. The fraction of sp³-hybridized carbons (Fsp3) is 0.956. The van der Waals surface area contributed by atoms with Crippen molar-refractivity contribution in [3.05, 3.63) is 0 Å². The summed E-state index contributed by atoms with van der Waals surface area (Å²) in [5.74, 6) is -0.568. The summed E-state index contributed by atoms with van der Waals surface area (Å²) in [6.45, 7) is 5.83. The molecule has 1 N–H and O–H groups in total. The topological polar surface area (TPSA) is 102 Å². The van der Waals surface area contributed by atoms with Crippen LogP contribution in [0.3, 0.4) is 0 Å². The molecule has 0 aromatic carbocycles. The summed E-state index contributed by atoms with van der Waals surface area (Å²) in [6.07, 6.45) is 40.1. The normalized spacial score (nSPS) is 12.6. The maximum absolute atomic E-state index is 12.8. The van der Waals surface area contributed by atoms with E-state index in [-0.39, 0.29) is 25.2 Å². The van der Waals surface area contributed by atoms with Gasteiger partial charge in [0, 0.05) is 12.8 Å². The van der Waals surface area contributed by atoms with Crippen LogP contribution in [0.2, 0.25) is 0 Å². The molecular weight excluding hydrogens is 713 g/mol. The lowest BCUT2D eigenvalue weighted by Crippen LogP contribution is -2.29. The summed E-state index contributed by atoms with van der Waals surface area (Å²) in [5.41, 5.74) is 0. The summed E-state index contributed by atoms with van der Waals surface area (Å²) in [6, 6.07) is 0. The van der Waals surface area contributed by atoms with Crippen LogP contribution in [0.4, 0.5) is 0 Å². The van der Waals surface area contributed by atoms with E-state index in [1.54, 1.807) is 0 Å². The van der Waals surface area contributed by atoms with Crippen LogP contribution in [-0.2, 0) is 37.7 Å². The summed E-state index contributed by atoms with van der Waals surface area (Å²) >= 11 is 0. The Morgan fingerprint density at radius 1 is 0.491 bits per heavy atom. The van der Waals surface area contributed by atoms with Crippen LogP contribution in [0.5, 0.6) is 0 Å². The third kappa shape index (κ3) is 42.6. The molecule has 0 amide bonds. The summed E-state index contributed by atoms with van der Waals surface area (Å²) in [4.78, 5) is 30.2. The Balaban J connectivity index is 4.33. The summed E-state index contributed by atoms with van der Waals surface area (Å²) in [5, 5.41) is 3.12. The van der Waals surface area contributed by atoms with E-state index in [0.717, 1.165) is 57.9 Å². The van der Waals surface area contributed by atoms with E-state index in [0.29, 0.717) is 19.4 Å². The van der Waals surface area contributed by atoms with E-state index < -0.39 is 14.7 Å². The third-order valence-corrected chi connectivity index (χ3v) is 11.2. The quantitative estimate of drug-likeness (QED) is 0.0212. The fourth-order valence-electron chi connectivity index (χ4n) is 6.73. The molecule has 0 saturated heterocycles. The number of carbonyl (C=O) groups excluding carboxylic acids is 2. The van der Waals surface area contributed by atoms with E-state index in [9.17, 15) is 9.59 Å². The minimum Gasteiger partial charge on any atom is -0.462 e. The molecule has 2 atom stereocenters. The Hall–Kier alpha value is -0.830. The SMILES string of the molecule is CCCCCCCCCCCCCCCCCC(=O)OCC(COP(OCCCCNC)OOC)OC(=O)CCCCCCCCCCCCCCCCC. The van der Waals surface area contributed by atoms with Crippen LogP contribution in [-0.4, -0.2) is 58.6 Å². The number of unbranched alkanes of at least 4 members (excludes halogenated alkanes) is 29. The monoisotopic (exact) mass is 804 g/mol. The van der Waals surface area contributed by atoms with Crippen molar-refractivity contribution in [2.24, 2.45) is 0 Å². The van der Waals surface area contributed by atoms with Crippen molar-refractivity contribution in [3.63, 3.8) is 0 Å². The first-order valence-corrected chi connectivity index (χ1v) is 24.4. The minimum atomic E-state index is -1.79. The molecule has 0 aliphatic rings. The van der Waals surface area contributed by atoms with Crippen LogP contribution < -0.4 is 5.32 Å². The molecule has 328 valence electrons. The van der Waals surface area contributed by atoms with Crippen LogP contribution >= 0.6 is 8.60 Å². The van der Waals surface area contributed by atoms with Crippen molar-refractivity contribution in [2.45, 2.75) is 238 Å². The van der Waals surface area contributed by atoms with Crippen molar-refractivity contribution in [3.8, 4) is 0 Å². The Morgan fingerprint density at radius 2 is 0.891 bits per heavy atom. The number of esters is 2. The number of rotatable bonds is 46. The Labute approximate surface area is 341 Å². The highest BCUT2D eigenvalue weighted by molar-refractivity contribution is 7.41. The maximum atomic E-state index is 12.8. The van der Waals surface area contributed by atoms with Gasteiger partial charge >= 0.3 is 20.5 Å². The zero-order valence-corrected chi connectivity index (χ0v) is 37.6. The van der Waals surface area contributed by atoms with Gasteiger partial charge in [-0.15, -0.1) is 0 Å². The standard InChI is InChI=1S/C45H90NO8P/c1-5-7-9-11-13-15-17-19-21-23-25-27-29-31-33-37-44(47)50-41-43(42-52-55(54-49-4)51-40-36-35-39-46-3)53-45(48)38-34-32-30-28-26-24-22-20-18-16-14-12-10-8-6-2/h43,46H,5-42H2,1-4H3. The first-order valence-electron chi connectivity index (χ1n) is 23.3. The zero-order valence-electron chi connectivity index (χ0n) is 36.7. The molecule has 0 aromatic heterocycles. The van der Waals surface area contributed by atoms with Gasteiger partial charge in [0.2, 0.25) is 0 Å². The molecular formula is C45H90NO8P. The molecule has 55 heavy (non-hydrogen) atoms. The second kappa shape index (κ2) is 45.9. The molecule has 10 heteroatoms. The van der Waals surface area contributed by atoms with Gasteiger partial charge in [-0.2, -0.15) is 4.67 Å². The lowest BCUT2D eigenvalue weighted by atomic mass is 10.0. The highest BCUT2D eigenvalue weighted by Gasteiger charge is 2.22. The molecule has 0 aliphatic carbocycles. The van der Waals surface area contributed by atoms with Crippen LogP contribution in [0.15, 0.2) is 0 Å². The fourth-order valence-corrected chi connectivity index (χ4v) is 7.58. The van der Waals surface area contributed by atoms with Crippen LogP contribution in [0.1, 0.15) is 232 Å². The van der Waals surface area contributed by atoms with E-state index in [1.807, 2.05) is 7.05 Å². The van der Waals surface area contributed by atoms with Gasteiger partial charge in [0.15, 0.2) is 6.10 Å². The molecule has 0 bridgehead atoms. The van der Waals surface area contributed by atoms with Gasteiger partial charge in [-0.3, -0.25) is 9.59 Å². The molecule has 0 heterocycles. The van der Waals surface area contributed by atoms with Crippen molar-refractivity contribution < 1.29 is 37.7 Å². The van der Waals surface area contributed by atoms with Crippen molar-refractivity contribution in [2.75, 3.05) is 40.5 Å². The van der Waals surface area contributed by atoms with Gasteiger partial charge in [-0.1, -0.05) is 194 Å². The Bertz CT molecular complexity index is 792. The van der Waals surface area contributed by atoms with Gasteiger partial charge in [0.25, 0.3) is 0 Å². The molecule has 2 unspecified atom stereocenters. The molecule has 9 nitrogen and oxygen atoms in total. The van der Waals surface area contributed by atoms with Crippen LogP contribution in [0, 0.1) is 0 Å². The van der Waals surface area contributed by atoms with Gasteiger partial charge in [0.1, 0.15) is 6.61 Å². The van der Waals surface area contributed by atoms with Gasteiger partial charge in [-0.05, 0) is 39.3 Å². The second-order valence-electron chi connectivity index (χ2n) is 15.6. The highest BCUT2D eigenvalue weighted by Crippen LogP contribution is 2.40. The molecule has 0 spiro atoms. The lowest BCUT2D eigenvalue weighted by Gasteiger charge is -2.20. The predicted molar refractivity (Wildman–Crippen MR) is 230 cm³/mol. The van der Waals surface area contributed by atoms with Crippen molar-refractivity contribution >= 4 is 20.5 Å². The molecule has 0 radical (unpaired) electrons. The number of nitrogens with one attached hydrogen (secondary N) is 1. The van der Waals surface area contributed by atoms with Crippen LogP contribution in [0.25, 0.3) is 0 Å². The van der Waals surface area contributed by atoms with E-state index in [2.05, 4.69) is 19.2 Å². The molecule has 0 rings (SSSR count). The first-order chi connectivity index (χ1) is 27.1. The average Bonchev–Trinajstić information content (AvgIpc) is 3.18. The maximum Gasteiger partial charge on any atom is 0.363 e. The van der Waals surface area contributed by atoms with Gasteiger partial charge in [0.05, 0.1) is 20.3 Å². The van der Waals surface area contributed by atoms with Gasteiger partial charge in [-0.25, -0.2) is 4.89 Å². The first kappa shape index (κ1) is 54.2. The highest BCUT2D eigenvalue weighted by atomic mass is 31.2. The number of ether oxygens (including phenoxy) is 2. The third-order valence-electron chi connectivity index (χ3n) is 10.2. The summed E-state index contributed by atoms with van der Waals surface area (Å²) in [7, 11) is 1.52. The number of hydrogen-bond donors (Lipinski definition) is 1. The van der Waals surface area contributed by atoms with E-state index >= 15 is 0 Å².